The van der Waals surface area contributed by atoms with Crippen molar-refractivity contribution in [2.75, 3.05) is 6.54 Å². The van der Waals surface area contributed by atoms with E-state index in [1.165, 1.54) is 0 Å². The average Bonchev–Trinajstić information content (AvgIpc) is 1.30. The first-order chi connectivity index (χ1) is 2.39. The van der Waals surface area contributed by atoms with Crippen LogP contribution in [0.15, 0.2) is 0 Å². The van der Waals surface area contributed by atoms with Crippen LogP contribution < -0.4 is 5.32 Å². The van der Waals surface area contributed by atoms with E-state index in [4.69, 9.17) is 0 Å². The van der Waals surface area contributed by atoms with E-state index in [1.807, 2.05) is 0 Å². The molecular formula is C3H5HgNO. The zero-order valence-corrected chi connectivity index (χ0v) is 9.03. The third-order valence-electron chi connectivity index (χ3n) is 0.674. The molecule has 1 heterocycles. The Bertz CT molecular complexity index is 57.8. The molecule has 6 heavy (non-hydrogen) atoms. The first-order valence-electron chi connectivity index (χ1n) is 1.66. The molecule has 2 nitrogen and oxygen atoms in total. The predicted octanol–water partition coefficient (Wildman–Crippen LogP) is -0.496. The van der Waals surface area contributed by atoms with Gasteiger partial charge >= 0.3 is 0 Å². The number of amides is 1. The molecule has 0 bridgehead atoms. The Hall–Kier alpha value is 0.405. The van der Waals surface area contributed by atoms with E-state index in [-0.39, 0.29) is 33.6 Å². The summed E-state index contributed by atoms with van der Waals surface area (Å²) in [5, 5.41) is 2.57. The molecule has 0 unspecified atom stereocenters. The molecule has 0 radical (unpaired) electrons. The molecule has 0 atom stereocenters. The van der Waals surface area contributed by atoms with Gasteiger partial charge in [-0.1, -0.05) is 0 Å². The van der Waals surface area contributed by atoms with E-state index in [0.29, 0.717) is 0 Å². The normalized spacial score (nSPS) is 17.0. The van der Waals surface area contributed by atoms with Crippen molar-refractivity contribution in [3.8, 4) is 0 Å². The molecule has 3 heteroatoms. The van der Waals surface area contributed by atoms with Gasteiger partial charge < -0.3 is 5.32 Å². The molecule has 1 aliphatic rings. The first kappa shape index (κ1) is 6.41. The fraction of sp³-hybridized carbons (Fsp3) is 0.667. The molecule has 0 aromatic carbocycles. The van der Waals surface area contributed by atoms with Crippen molar-refractivity contribution >= 4 is 5.91 Å². The molecule has 1 aliphatic heterocycles. The molecule has 1 amide bonds. The van der Waals surface area contributed by atoms with Gasteiger partial charge in [-0.2, -0.15) is 0 Å². The van der Waals surface area contributed by atoms with Gasteiger partial charge in [0.2, 0.25) is 5.91 Å². The standard InChI is InChI=1S/C3H5NO.Hg/c5-3-1-2-4-3;/h1-2H2,(H,4,5);. The summed E-state index contributed by atoms with van der Waals surface area (Å²) in [6.45, 7) is 0.888. The molecule has 0 saturated carbocycles. The largest absolute Gasteiger partial charge is 0.356 e. The summed E-state index contributed by atoms with van der Waals surface area (Å²) in [6.07, 6.45) is 0.736. The summed E-state index contributed by atoms with van der Waals surface area (Å²) < 4.78 is 0. The van der Waals surface area contributed by atoms with Gasteiger partial charge in [-0.3, -0.25) is 4.79 Å². The Kier molecular flexibility index (Phi) is 2.73. The summed E-state index contributed by atoms with van der Waals surface area (Å²) in [4.78, 5) is 9.79. The number of carbonyl (C=O) groups is 1. The third-order valence-corrected chi connectivity index (χ3v) is 0.674. The fourth-order valence-electron chi connectivity index (χ4n) is 0.227. The zero-order valence-electron chi connectivity index (χ0n) is 3.53. The Labute approximate surface area is 56.8 Å². The van der Waals surface area contributed by atoms with Crippen molar-refractivity contribution in [3.05, 3.63) is 0 Å². The van der Waals surface area contributed by atoms with Crippen molar-refractivity contribution in [3.63, 3.8) is 0 Å². The second-order valence-corrected chi connectivity index (χ2v) is 1.10. The van der Waals surface area contributed by atoms with E-state index in [1.54, 1.807) is 0 Å². The minimum Gasteiger partial charge on any atom is -0.356 e. The summed E-state index contributed by atoms with van der Waals surface area (Å²) in [5.41, 5.74) is 0. The van der Waals surface area contributed by atoms with E-state index in [2.05, 4.69) is 5.32 Å². The van der Waals surface area contributed by atoms with Gasteiger partial charge in [0, 0.05) is 40.6 Å². The molecule has 0 aromatic heterocycles. The monoisotopic (exact) mass is 273 g/mol. The van der Waals surface area contributed by atoms with Crippen molar-refractivity contribution in [2.24, 2.45) is 0 Å². The molecule has 30 valence electrons. The van der Waals surface area contributed by atoms with E-state index < -0.39 is 0 Å². The maximum Gasteiger partial charge on any atom is 0.221 e. The zero-order chi connectivity index (χ0) is 3.70. The average molecular weight is 272 g/mol. The number of hydrogen-bond donors (Lipinski definition) is 1. The summed E-state index contributed by atoms with van der Waals surface area (Å²) >= 11 is 0. The van der Waals surface area contributed by atoms with E-state index in [0.717, 1.165) is 13.0 Å². The van der Waals surface area contributed by atoms with Crippen molar-refractivity contribution in [1.82, 2.24) is 5.32 Å². The van der Waals surface area contributed by atoms with Crippen LogP contribution in [0.25, 0.3) is 0 Å². The van der Waals surface area contributed by atoms with Gasteiger partial charge in [-0.15, -0.1) is 0 Å². The predicted molar refractivity (Wildman–Crippen MR) is 17.6 cm³/mol. The van der Waals surface area contributed by atoms with Gasteiger partial charge in [0.25, 0.3) is 0 Å². The number of hydrogen-bond acceptors (Lipinski definition) is 1. The molecule has 0 aromatic rings. The van der Waals surface area contributed by atoms with Crippen LogP contribution in [0, 0.1) is 0 Å². The summed E-state index contributed by atoms with van der Waals surface area (Å²) in [5.74, 6) is 0.185. The van der Waals surface area contributed by atoms with Crippen LogP contribution in [0.1, 0.15) is 6.42 Å². The number of β-lactam (4-membered cyclic amide) rings is 1. The second kappa shape index (κ2) is 2.56. The summed E-state index contributed by atoms with van der Waals surface area (Å²) in [7, 11) is 0. The number of carbonyl (C=O) groups excluding carboxylic acids is 1. The maximum absolute atomic E-state index is 9.79. The van der Waals surface area contributed by atoms with Gasteiger partial charge in [0.1, 0.15) is 0 Å². The minimum absolute atomic E-state index is 0. The van der Waals surface area contributed by atoms with Crippen molar-refractivity contribution in [2.45, 2.75) is 6.42 Å². The SMILES string of the molecule is O=C1CCN1.[Hg]. The third kappa shape index (κ3) is 1.24. The van der Waals surface area contributed by atoms with Crippen LogP contribution in [-0.4, -0.2) is 12.5 Å². The van der Waals surface area contributed by atoms with Crippen LogP contribution in [0.5, 0.6) is 0 Å². The Morgan fingerprint density at radius 3 is 2.00 bits per heavy atom. The molecule has 1 saturated heterocycles. The number of rotatable bonds is 0. The minimum atomic E-state index is 0. The molecule has 1 rings (SSSR count). The molecule has 0 spiro atoms. The van der Waals surface area contributed by atoms with Crippen LogP contribution in [0.4, 0.5) is 0 Å². The molecular weight excluding hydrogens is 267 g/mol. The molecule has 1 fully saturated rings. The van der Waals surface area contributed by atoms with E-state index in [9.17, 15) is 4.79 Å². The second-order valence-electron chi connectivity index (χ2n) is 1.10. The van der Waals surface area contributed by atoms with Gasteiger partial charge in [0.05, 0.1) is 0 Å². The molecule has 0 aliphatic carbocycles. The smallest absolute Gasteiger partial charge is 0.221 e. The number of nitrogens with one attached hydrogen (secondary N) is 1. The van der Waals surface area contributed by atoms with E-state index >= 15 is 0 Å². The van der Waals surface area contributed by atoms with Crippen LogP contribution in [0.2, 0.25) is 0 Å². The van der Waals surface area contributed by atoms with Crippen LogP contribution >= 0.6 is 0 Å². The maximum atomic E-state index is 9.79. The quantitative estimate of drug-likeness (QED) is 0.467. The summed E-state index contributed by atoms with van der Waals surface area (Å²) in [6, 6.07) is 0. The van der Waals surface area contributed by atoms with Gasteiger partial charge in [0.15, 0.2) is 0 Å². The fourth-order valence-corrected chi connectivity index (χ4v) is 0.227. The molecule has 1 N–H and O–H groups in total. The first-order valence-corrected chi connectivity index (χ1v) is 1.66. The van der Waals surface area contributed by atoms with Crippen LogP contribution in [-0.2, 0) is 32.5 Å². The Morgan fingerprint density at radius 2 is 2.00 bits per heavy atom. The van der Waals surface area contributed by atoms with Gasteiger partial charge in [-0.05, 0) is 0 Å². The van der Waals surface area contributed by atoms with Crippen molar-refractivity contribution < 1.29 is 32.5 Å². The van der Waals surface area contributed by atoms with Crippen LogP contribution in [0.3, 0.4) is 0 Å². The topological polar surface area (TPSA) is 29.1 Å². The van der Waals surface area contributed by atoms with Gasteiger partial charge in [-0.25, -0.2) is 0 Å². The Balaban J connectivity index is 0.000000250. The van der Waals surface area contributed by atoms with Crippen molar-refractivity contribution in [1.29, 1.82) is 0 Å². The Morgan fingerprint density at radius 1 is 1.67 bits per heavy atom.